The summed E-state index contributed by atoms with van der Waals surface area (Å²) in [6.45, 7) is 9.83. The number of fused-ring (bicyclic) bond motifs is 5. The predicted molar refractivity (Wildman–Crippen MR) is 121 cm³/mol. The van der Waals surface area contributed by atoms with Crippen LogP contribution in [0.3, 0.4) is 0 Å². The molecule has 3 saturated heterocycles. The van der Waals surface area contributed by atoms with Crippen LogP contribution in [0.15, 0.2) is 49.1 Å². The highest BCUT2D eigenvalue weighted by Gasteiger charge is 2.39. The van der Waals surface area contributed by atoms with E-state index in [-0.39, 0.29) is 0 Å². The van der Waals surface area contributed by atoms with Crippen LogP contribution in [-0.4, -0.2) is 49.1 Å². The summed E-state index contributed by atoms with van der Waals surface area (Å²) in [5.74, 6) is 4.79. The molecular formula is C26H30N2O4. The van der Waals surface area contributed by atoms with Gasteiger partial charge in [-0.05, 0) is 66.6 Å². The van der Waals surface area contributed by atoms with Crippen molar-refractivity contribution in [2.75, 3.05) is 33.2 Å². The van der Waals surface area contributed by atoms with Gasteiger partial charge in [-0.1, -0.05) is 18.2 Å². The molecule has 32 heavy (non-hydrogen) atoms. The highest BCUT2D eigenvalue weighted by Crippen LogP contribution is 2.38. The van der Waals surface area contributed by atoms with E-state index in [4.69, 9.17) is 18.9 Å². The van der Waals surface area contributed by atoms with Gasteiger partial charge in [0.2, 0.25) is 13.6 Å². The van der Waals surface area contributed by atoms with E-state index in [0.717, 1.165) is 55.1 Å². The minimum atomic E-state index is 0.308. The molecule has 5 aliphatic heterocycles. The fraction of sp³-hybridized carbons (Fsp3) is 0.462. The van der Waals surface area contributed by atoms with Gasteiger partial charge in [0.05, 0.1) is 0 Å². The first kappa shape index (κ1) is 19.9. The summed E-state index contributed by atoms with van der Waals surface area (Å²) in [5, 5.41) is 0. The molecule has 168 valence electrons. The first-order chi connectivity index (χ1) is 15.7. The van der Waals surface area contributed by atoms with Crippen molar-refractivity contribution in [2.45, 2.75) is 32.0 Å². The third-order valence-corrected chi connectivity index (χ3v) is 7.39. The van der Waals surface area contributed by atoms with E-state index in [2.05, 4.69) is 46.7 Å². The fourth-order valence-electron chi connectivity index (χ4n) is 5.71. The normalized spacial score (nSPS) is 27.2. The van der Waals surface area contributed by atoms with Crippen LogP contribution in [-0.2, 0) is 13.1 Å². The minimum absolute atomic E-state index is 0.308. The first-order valence-electron chi connectivity index (χ1n) is 11.6. The van der Waals surface area contributed by atoms with Gasteiger partial charge < -0.3 is 18.9 Å². The second kappa shape index (κ2) is 8.34. The maximum atomic E-state index is 5.61. The molecule has 0 radical (unpaired) electrons. The van der Waals surface area contributed by atoms with Crippen molar-refractivity contribution >= 4 is 0 Å². The molecule has 2 aromatic carbocycles. The smallest absolute Gasteiger partial charge is 0.231 e. The molecule has 0 aliphatic carbocycles. The number of rotatable bonds is 7. The van der Waals surface area contributed by atoms with Crippen LogP contribution in [0, 0.1) is 11.8 Å². The van der Waals surface area contributed by atoms with E-state index in [1.54, 1.807) is 0 Å². The predicted octanol–water partition coefficient (Wildman–Crippen LogP) is 4.04. The second-order valence-electron chi connectivity index (χ2n) is 9.38. The van der Waals surface area contributed by atoms with Gasteiger partial charge in [-0.15, -0.1) is 6.58 Å². The summed E-state index contributed by atoms with van der Waals surface area (Å²) in [7, 11) is 0. The van der Waals surface area contributed by atoms with Crippen molar-refractivity contribution in [2.24, 2.45) is 11.8 Å². The van der Waals surface area contributed by atoms with E-state index in [0.29, 0.717) is 25.5 Å². The molecule has 2 bridgehead atoms. The Morgan fingerprint density at radius 1 is 0.906 bits per heavy atom. The largest absolute Gasteiger partial charge is 0.454 e. The summed E-state index contributed by atoms with van der Waals surface area (Å²) >= 11 is 0. The van der Waals surface area contributed by atoms with Crippen LogP contribution < -0.4 is 18.9 Å². The number of piperidine rings is 3. The highest BCUT2D eigenvalue weighted by atomic mass is 16.7. The molecular weight excluding hydrogens is 404 g/mol. The quantitative estimate of drug-likeness (QED) is 0.613. The molecule has 6 nitrogen and oxygen atoms in total. The van der Waals surface area contributed by atoms with Gasteiger partial charge in [0, 0.05) is 32.2 Å². The van der Waals surface area contributed by atoms with Gasteiger partial charge in [-0.2, -0.15) is 0 Å². The SMILES string of the molecule is C=CC1CN2CCC1CC2CN(Cc1ccc2c(c1)OCO2)Cc1ccc2c(c1)OCO2. The maximum Gasteiger partial charge on any atom is 0.231 e. The molecule has 3 fully saturated rings. The Morgan fingerprint density at radius 3 is 2.09 bits per heavy atom. The Balaban J connectivity index is 1.22. The fourth-order valence-corrected chi connectivity index (χ4v) is 5.71. The summed E-state index contributed by atoms with van der Waals surface area (Å²) < 4.78 is 22.2. The Hall–Kier alpha value is -2.70. The lowest BCUT2D eigenvalue weighted by molar-refractivity contribution is 0.000107. The zero-order valence-electron chi connectivity index (χ0n) is 18.4. The molecule has 5 aliphatic rings. The van der Waals surface area contributed by atoms with Gasteiger partial charge in [-0.25, -0.2) is 0 Å². The van der Waals surface area contributed by atoms with E-state index >= 15 is 0 Å². The molecule has 4 unspecified atom stereocenters. The lowest BCUT2D eigenvalue weighted by atomic mass is 9.75. The molecule has 2 aromatic rings. The maximum absolute atomic E-state index is 5.61. The second-order valence-corrected chi connectivity index (χ2v) is 9.38. The van der Waals surface area contributed by atoms with Crippen LogP contribution in [0.2, 0.25) is 0 Å². The summed E-state index contributed by atoms with van der Waals surface area (Å²) in [4.78, 5) is 5.24. The van der Waals surface area contributed by atoms with Crippen molar-refractivity contribution in [3.63, 3.8) is 0 Å². The van der Waals surface area contributed by atoms with Crippen LogP contribution in [0.1, 0.15) is 24.0 Å². The monoisotopic (exact) mass is 434 g/mol. The van der Waals surface area contributed by atoms with Crippen LogP contribution in [0.4, 0.5) is 0 Å². The lowest BCUT2D eigenvalue weighted by Gasteiger charge is -2.50. The van der Waals surface area contributed by atoms with Crippen molar-refractivity contribution in [3.8, 4) is 23.0 Å². The Morgan fingerprint density at radius 2 is 1.53 bits per heavy atom. The number of hydrogen-bond acceptors (Lipinski definition) is 6. The zero-order chi connectivity index (χ0) is 21.5. The molecule has 0 amide bonds. The highest BCUT2D eigenvalue weighted by molar-refractivity contribution is 5.45. The van der Waals surface area contributed by atoms with Gasteiger partial charge in [0.15, 0.2) is 23.0 Å². The van der Waals surface area contributed by atoms with Crippen LogP contribution in [0.5, 0.6) is 23.0 Å². The Kier molecular flexibility index (Phi) is 5.20. The molecule has 4 atom stereocenters. The summed E-state index contributed by atoms with van der Waals surface area (Å²) in [6.07, 6.45) is 4.73. The Bertz CT molecular complexity index is 950. The number of ether oxygens (including phenoxy) is 4. The number of benzene rings is 2. The third-order valence-electron chi connectivity index (χ3n) is 7.39. The average molecular weight is 435 g/mol. The van der Waals surface area contributed by atoms with Crippen LogP contribution >= 0.6 is 0 Å². The van der Waals surface area contributed by atoms with Crippen molar-refractivity contribution in [1.82, 2.24) is 9.80 Å². The van der Waals surface area contributed by atoms with Gasteiger partial charge in [0.1, 0.15) is 0 Å². The van der Waals surface area contributed by atoms with Crippen molar-refractivity contribution < 1.29 is 18.9 Å². The zero-order valence-corrected chi connectivity index (χ0v) is 18.4. The van der Waals surface area contributed by atoms with E-state index in [1.807, 2.05) is 12.1 Å². The standard InChI is InChI=1S/C26H30N2O4/c1-2-20-14-28-8-7-21(20)11-22(28)15-27(12-18-3-5-23-25(9-18)31-16-29-23)13-19-4-6-24-26(10-19)32-17-30-24/h2-6,9-10,20-22H,1,7-8,11-17H2. The first-order valence-corrected chi connectivity index (χ1v) is 11.6. The molecule has 0 saturated carbocycles. The number of nitrogens with zero attached hydrogens (tertiary/aromatic N) is 2. The topological polar surface area (TPSA) is 43.4 Å². The molecule has 0 spiro atoms. The lowest BCUT2D eigenvalue weighted by Crippen LogP contribution is -2.56. The summed E-state index contributed by atoms with van der Waals surface area (Å²) in [5.41, 5.74) is 2.49. The average Bonchev–Trinajstić information content (AvgIpc) is 3.48. The summed E-state index contributed by atoms with van der Waals surface area (Å²) in [6, 6.07) is 13.2. The molecule has 0 N–H and O–H groups in total. The van der Waals surface area contributed by atoms with Crippen LogP contribution in [0.25, 0.3) is 0 Å². The van der Waals surface area contributed by atoms with Crippen molar-refractivity contribution in [1.29, 1.82) is 0 Å². The van der Waals surface area contributed by atoms with Crippen molar-refractivity contribution in [3.05, 3.63) is 60.2 Å². The van der Waals surface area contributed by atoms with Gasteiger partial charge >= 0.3 is 0 Å². The molecule has 0 aromatic heterocycles. The minimum Gasteiger partial charge on any atom is -0.454 e. The Labute approximate surface area is 189 Å². The van der Waals surface area contributed by atoms with E-state index in [9.17, 15) is 0 Å². The number of hydrogen-bond donors (Lipinski definition) is 0. The van der Waals surface area contributed by atoms with Gasteiger partial charge in [-0.3, -0.25) is 9.80 Å². The third kappa shape index (κ3) is 3.82. The van der Waals surface area contributed by atoms with E-state index < -0.39 is 0 Å². The molecule has 5 heterocycles. The van der Waals surface area contributed by atoms with Gasteiger partial charge in [0.25, 0.3) is 0 Å². The molecule has 6 heteroatoms. The van der Waals surface area contributed by atoms with E-state index in [1.165, 1.54) is 30.5 Å². The molecule has 7 rings (SSSR count).